The van der Waals surface area contributed by atoms with E-state index in [2.05, 4.69) is 0 Å². The molecule has 2 unspecified atom stereocenters. The number of ether oxygens (including phenoxy) is 2. The highest BCUT2D eigenvalue weighted by atomic mass is 16.6. The molecule has 4 N–H and O–H groups in total. The van der Waals surface area contributed by atoms with Crippen LogP contribution in [-0.4, -0.2) is 17.7 Å². The first-order valence-electron chi connectivity index (χ1n) is 7.57. The highest BCUT2D eigenvalue weighted by Gasteiger charge is 2.66. The van der Waals surface area contributed by atoms with Crippen LogP contribution >= 0.6 is 0 Å². The van der Waals surface area contributed by atoms with Crippen molar-refractivity contribution in [1.82, 2.24) is 0 Å². The third-order valence-corrected chi connectivity index (χ3v) is 4.12. The van der Waals surface area contributed by atoms with Crippen LogP contribution in [0.4, 0.5) is 10.5 Å². The fourth-order valence-electron chi connectivity index (χ4n) is 2.84. The summed E-state index contributed by atoms with van der Waals surface area (Å²) in [7, 11) is 0. The Morgan fingerprint density at radius 3 is 2.42 bits per heavy atom. The molecule has 0 spiro atoms. The summed E-state index contributed by atoms with van der Waals surface area (Å²) in [6, 6.07) is 16.4. The van der Waals surface area contributed by atoms with Gasteiger partial charge in [0.2, 0.25) is 5.60 Å². The van der Waals surface area contributed by atoms with Crippen molar-refractivity contribution in [1.29, 1.82) is 0 Å². The van der Waals surface area contributed by atoms with Crippen molar-refractivity contribution in [3.63, 3.8) is 0 Å². The molecule has 0 aromatic heterocycles. The number of rotatable bonds is 5. The van der Waals surface area contributed by atoms with E-state index in [0.29, 0.717) is 12.1 Å². The number of hydrogen-bond acceptors (Lipinski definition) is 5. The molecule has 1 aliphatic rings. The zero-order chi connectivity index (χ0) is 17.2. The standard InChI is InChI=1S/C18H18N2O4/c19-15-9-5-4-8-13(15)14-10-18(14,24-17(20)22)16(21)23-11-12-6-2-1-3-7-12/h1-9,14H,10-11,19H2,(H2,20,22). The minimum atomic E-state index is -1.39. The minimum absolute atomic E-state index is 0.0978. The van der Waals surface area contributed by atoms with Crippen molar-refractivity contribution in [2.75, 3.05) is 5.73 Å². The molecule has 0 radical (unpaired) electrons. The summed E-state index contributed by atoms with van der Waals surface area (Å²) in [6.07, 6.45) is -0.707. The van der Waals surface area contributed by atoms with Crippen molar-refractivity contribution in [2.24, 2.45) is 5.73 Å². The molecule has 6 nitrogen and oxygen atoms in total. The lowest BCUT2D eigenvalue weighted by Gasteiger charge is -2.17. The van der Waals surface area contributed by atoms with E-state index in [1.807, 2.05) is 36.4 Å². The molecule has 2 aromatic carbocycles. The van der Waals surface area contributed by atoms with Crippen molar-refractivity contribution in [3.8, 4) is 0 Å². The van der Waals surface area contributed by atoms with Gasteiger partial charge in [0.1, 0.15) is 6.61 Å². The topological polar surface area (TPSA) is 105 Å². The Kier molecular flexibility index (Phi) is 4.12. The molecule has 0 saturated heterocycles. The van der Waals surface area contributed by atoms with Gasteiger partial charge in [0, 0.05) is 18.0 Å². The maximum atomic E-state index is 12.5. The molecule has 24 heavy (non-hydrogen) atoms. The van der Waals surface area contributed by atoms with Gasteiger partial charge >= 0.3 is 12.1 Å². The molecule has 0 aliphatic heterocycles. The third kappa shape index (κ3) is 3.03. The summed E-state index contributed by atoms with van der Waals surface area (Å²) in [5.41, 5.74) is 11.8. The molecule has 2 atom stereocenters. The predicted molar refractivity (Wildman–Crippen MR) is 87.8 cm³/mol. The van der Waals surface area contributed by atoms with Gasteiger partial charge in [-0.3, -0.25) is 0 Å². The molecule has 0 heterocycles. The van der Waals surface area contributed by atoms with E-state index < -0.39 is 17.7 Å². The van der Waals surface area contributed by atoms with Crippen LogP contribution in [0.25, 0.3) is 0 Å². The number of anilines is 1. The maximum Gasteiger partial charge on any atom is 0.405 e. The summed E-state index contributed by atoms with van der Waals surface area (Å²) in [5.74, 6) is -0.965. The summed E-state index contributed by atoms with van der Waals surface area (Å²) < 4.78 is 10.5. The van der Waals surface area contributed by atoms with Crippen molar-refractivity contribution < 1.29 is 19.1 Å². The van der Waals surface area contributed by atoms with Crippen molar-refractivity contribution >= 4 is 17.7 Å². The summed E-state index contributed by atoms with van der Waals surface area (Å²) in [6.45, 7) is 0.0978. The van der Waals surface area contributed by atoms with Gasteiger partial charge < -0.3 is 20.9 Å². The van der Waals surface area contributed by atoms with Crippen LogP contribution in [-0.2, 0) is 20.9 Å². The molecule has 1 aliphatic carbocycles. The highest BCUT2D eigenvalue weighted by molar-refractivity contribution is 5.89. The summed E-state index contributed by atoms with van der Waals surface area (Å²) >= 11 is 0. The van der Waals surface area contributed by atoms with E-state index in [1.165, 1.54) is 0 Å². The number of amides is 1. The number of nitrogens with two attached hydrogens (primary N) is 2. The molecule has 6 heteroatoms. The fraction of sp³-hybridized carbons (Fsp3) is 0.222. The van der Waals surface area contributed by atoms with Gasteiger partial charge in [-0.25, -0.2) is 9.59 Å². The van der Waals surface area contributed by atoms with Gasteiger partial charge in [-0.15, -0.1) is 0 Å². The van der Waals surface area contributed by atoms with Gasteiger partial charge in [0.25, 0.3) is 0 Å². The average Bonchev–Trinajstić information content (AvgIpc) is 3.28. The average molecular weight is 326 g/mol. The second kappa shape index (κ2) is 6.23. The summed E-state index contributed by atoms with van der Waals surface area (Å²) in [4.78, 5) is 23.8. The lowest BCUT2D eigenvalue weighted by Crippen LogP contribution is -2.35. The van der Waals surface area contributed by atoms with Gasteiger partial charge in [0.05, 0.1) is 0 Å². The fourth-order valence-corrected chi connectivity index (χ4v) is 2.84. The van der Waals surface area contributed by atoms with Crippen LogP contribution in [0.3, 0.4) is 0 Å². The van der Waals surface area contributed by atoms with Crippen LogP contribution in [0.2, 0.25) is 0 Å². The van der Waals surface area contributed by atoms with E-state index in [4.69, 9.17) is 20.9 Å². The normalized spacial score (nSPS) is 21.8. The van der Waals surface area contributed by atoms with Crippen LogP contribution in [0.5, 0.6) is 0 Å². The number of nitrogen functional groups attached to an aromatic ring is 1. The first kappa shape index (κ1) is 15.9. The first-order chi connectivity index (χ1) is 11.5. The van der Waals surface area contributed by atoms with Crippen LogP contribution in [0.1, 0.15) is 23.5 Å². The molecular weight excluding hydrogens is 308 g/mol. The Hall–Kier alpha value is -3.02. The minimum Gasteiger partial charge on any atom is -0.458 e. The number of carbonyl (C=O) groups excluding carboxylic acids is 2. The van der Waals surface area contributed by atoms with Crippen molar-refractivity contribution in [3.05, 3.63) is 65.7 Å². The summed E-state index contributed by atoms with van der Waals surface area (Å²) in [5, 5.41) is 0. The zero-order valence-corrected chi connectivity index (χ0v) is 13.0. The van der Waals surface area contributed by atoms with Crippen LogP contribution in [0, 0.1) is 0 Å². The molecule has 1 fully saturated rings. The SMILES string of the molecule is NC(=O)OC1(C(=O)OCc2ccccc2)CC1c1ccccc1N. The smallest absolute Gasteiger partial charge is 0.405 e. The number of carbonyl (C=O) groups is 2. The first-order valence-corrected chi connectivity index (χ1v) is 7.57. The number of esters is 1. The lowest BCUT2D eigenvalue weighted by molar-refractivity contribution is -0.157. The molecule has 1 saturated carbocycles. The number of primary amides is 1. The van der Waals surface area contributed by atoms with Crippen molar-refractivity contribution in [2.45, 2.75) is 24.5 Å². The largest absolute Gasteiger partial charge is 0.458 e. The molecular formula is C18H18N2O4. The molecule has 2 aromatic rings. The number of benzene rings is 2. The number of hydrogen-bond donors (Lipinski definition) is 2. The lowest BCUT2D eigenvalue weighted by atomic mass is 10.1. The maximum absolute atomic E-state index is 12.5. The van der Waals surface area contributed by atoms with E-state index in [1.54, 1.807) is 18.2 Å². The monoisotopic (exact) mass is 326 g/mol. The second-order valence-corrected chi connectivity index (χ2v) is 5.76. The Balaban J connectivity index is 1.77. The van der Waals surface area contributed by atoms with Crippen LogP contribution in [0.15, 0.2) is 54.6 Å². The predicted octanol–water partition coefficient (Wildman–Crippen LogP) is 2.33. The third-order valence-electron chi connectivity index (χ3n) is 4.12. The molecule has 3 rings (SSSR count). The van der Waals surface area contributed by atoms with E-state index in [0.717, 1.165) is 11.1 Å². The molecule has 1 amide bonds. The Morgan fingerprint density at radius 2 is 1.75 bits per heavy atom. The Labute approximate surface area is 139 Å². The Morgan fingerprint density at radius 1 is 1.08 bits per heavy atom. The molecule has 124 valence electrons. The van der Waals surface area contributed by atoms with Gasteiger partial charge in [-0.2, -0.15) is 0 Å². The van der Waals surface area contributed by atoms with Gasteiger partial charge in [-0.1, -0.05) is 48.5 Å². The Bertz CT molecular complexity index is 763. The zero-order valence-electron chi connectivity index (χ0n) is 13.0. The van der Waals surface area contributed by atoms with Gasteiger partial charge in [-0.05, 0) is 17.2 Å². The van der Waals surface area contributed by atoms with Crippen LogP contribution < -0.4 is 11.5 Å². The van der Waals surface area contributed by atoms with E-state index in [9.17, 15) is 9.59 Å². The number of para-hydroxylation sites is 1. The van der Waals surface area contributed by atoms with E-state index in [-0.39, 0.29) is 12.5 Å². The van der Waals surface area contributed by atoms with E-state index >= 15 is 0 Å². The second-order valence-electron chi connectivity index (χ2n) is 5.76. The quantitative estimate of drug-likeness (QED) is 0.648. The van der Waals surface area contributed by atoms with Gasteiger partial charge in [0.15, 0.2) is 0 Å². The molecule has 0 bridgehead atoms. The highest BCUT2D eigenvalue weighted by Crippen LogP contribution is 2.56.